The van der Waals surface area contributed by atoms with Gasteiger partial charge in [0.05, 0.1) is 21.0 Å². The van der Waals surface area contributed by atoms with E-state index >= 15 is 0 Å². The lowest BCUT2D eigenvalue weighted by Gasteiger charge is -2.07. The number of hydrogen-bond donors (Lipinski definition) is 0. The number of aromatic nitrogens is 3. The Labute approximate surface area is 178 Å². The van der Waals surface area contributed by atoms with Crippen molar-refractivity contribution in [3.05, 3.63) is 70.5 Å². The van der Waals surface area contributed by atoms with Gasteiger partial charge in [0.1, 0.15) is 5.82 Å². The minimum absolute atomic E-state index is 0.105. The minimum atomic E-state index is -4.41. The van der Waals surface area contributed by atoms with Gasteiger partial charge in [-0.3, -0.25) is 0 Å². The Balaban J connectivity index is 1.78. The largest absolute Gasteiger partial charge is 0.416 e. The Morgan fingerprint density at radius 2 is 1.80 bits per heavy atom. The van der Waals surface area contributed by atoms with Crippen molar-refractivity contribution in [2.45, 2.75) is 13.1 Å². The lowest BCUT2D eigenvalue weighted by Crippen LogP contribution is -2.04. The normalized spacial score (nSPS) is 11.8. The van der Waals surface area contributed by atoms with Crippen molar-refractivity contribution in [2.24, 2.45) is 7.05 Å². The van der Waals surface area contributed by atoms with E-state index in [1.807, 2.05) is 6.92 Å². The van der Waals surface area contributed by atoms with Crippen LogP contribution in [0.2, 0.25) is 5.02 Å². The first-order valence-corrected chi connectivity index (χ1v) is 9.98. The zero-order valence-corrected chi connectivity index (χ0v) is 17.3. The first-order chi connectivity index (χ1) is 14.1. The molecule has 0 atom stereocenters. The van der Waals surface area contributed by atoms with Gasteiger partial charge in [-0.1, -0.05) is 29.8 Å². The number of benzene rings is 2. The van der Waals surface area contributed by atoms with Crippen LogP contribution in [0.1, 0.15) is 11.1 Å². The summed E-state index contributed by atoms with van der Waals surface area (Å²) < 4.78 is 54.9. The lowest BCUT2D eigenvalue weighted by atomic mass is 10.1. The summed E-state index contributed by atoms with van der Waals surface area (Å²) in [4.78, 5) is 5.86. The summed E-state index contributed by atoms with van der Waals surface area (Å²) in [6.45, 7) is 1.84. The topological polar surface area (TPSA) is 30.7 Å². The van der Waals surface area contributed by atoms with Gasteiger partial charge in [-0.25, -0.2) is 14.1 Å². The number of rotatable bonds is 3. The van der Waals surface area contributed by atoms with E-state index in [-0.39, 0.29) is 16.4 Å². The van der Waals surface area contributed by atoms with Crippen LogP contribution in [0.4, 0.5) is 17.6 Å². The van der Waals surface area contributed by atoms with Crippen LogP contribution in [-0.4, -0.2) is 14.8 Å². The number of hydrogen-bond acceptors (Lipinski definition) is 3. The fraction of sp³-hybridized carbons (Fsp3) is 0.143. The SMILES string of the molecule is Cc1cc(-c2cccc(C(F)(F)F)c2)sc1-c1nc(-c2c(F)cccc2Cl)nn1C. The van der Waals surface area contributed by atoms with Gasteiger partial charge in [-0.2, -0.15) is 18.3 Å². The van der Waals surface area contributed by atoms with Crippen LogP contribution in [0.25, 0.3) is 32.5 Å². The van der Waals surface area contributed by atoms with E-state index in [2.05, 4.69) is 10.1 Å². The van der Waals surface area contributed by atoms with Crippen LogP contribution in [0.5, 0.6) is 0 Å². The summed E-state index contributed by atoms with van der Waals surface area (Å²) in [6.07, 6.45) is -4.41. The number of halogens is 5. The van der Waals surface area contributed by atoms with E-state index in [1.54, 1.807) is 25.2 Å². The highest BCUT2D eigenvalue weighted by Gasteiger charge is 2.30. The van der Waals surface area contributed by atoms with E-state index in [0.29, 0.717) is 16.3 Å². The van der Waals surface area contributed by atoms with E-state index in [4.69, 9.17) is 11.6 Å². The van der Waals surface area contributed by atoms with Gasteiger partial charge in [0.25, 0.3) is 0 Å². The van der Waals surface area contributed by atoms with Gasteiger partial charge in [0.2, 0.25) is 0 Å². The molecule has 9 heteroatoms. The third-order valence-corrected chi connectivity index (χ3v) is 6.14. The molecule has 0 amide bonds. The highest BCUT2D eigenvalue weighted by atomic mass is 35.5. The molecule has 2 heterocycles. The molecule has 0 unspecified atom stereocenters. The second-order valence-electron chi connectivity index (χ2n) is 6.68. The van der Waals surface area contributed by atoms with Crippen LogP contribution in [0, 0.1) is 12.7 Å². The smallest absolute Gasteiger partial charge is 0.248 e. The molecule has 30 heavy (non-hydrogen) atoms. The van der Waals surface area contributed by atoms with Crippen molar-refractivity contribution in [1.29, 1.82) is 0 Å². The van der Waals surface area contributed by atoms with Crippen molar-refractivity contribution in [3.8, 4) is 32.5 Å². The van der Waals surface area contributed by atoms with Crippen LogP contribution in [0.3, 0.4) is 0 Å². The molecule has 2 aromatic heterocycles. The number of alkyl halides is 3. The van der Waals surface area contributed by atoms with E-state index in [9.17, 15) is 17.6 Å². The lowest BCUT2D eigenvalue weighted by molar-refractivity contribution is -0.137. The fourth-order valence-corrected chi connectivity index (χ4v) is 4.53. The van der Waals surface area contributed by atoms with Crippen molar-refractivity contribution < 1.29 is 17.6 Å². The molecule has 0 radical (unpaired) electrons. The van der Waals surface area contributed by atoms with Crippen molar-refractivity contribution >= 4 is 22.9 Å². The summed E-state index contributed by atoms with van der Waals surface area (Å²) >= 11 is 7.42. The average molecular weight is 452 g/mol. The van der Waals surface area contributed by atoms with Crippen molar-refractivity contribution in [3.63, 3.8) is 0 Å². The molecule has 154 valence electrons. The molecule has 0 spiro atoms. The molecule has 0 saturated heterocycles. The van der Waals surface area contributed by atoms with Gasteiger partial charge in [0, 0.05) is 11.9 Å². The molecule has 0 N–H and O–H groups in total. The summed E-state index contributed by atoms with van der Waals surface area (Å²) in [5, 5.41) is 4.48. The highest BCUT2D eigenvalue weighted by molar-refractivity contribution is 7.19. The molecule has 0 saturated carbocycles. The first kappa shape index (κ1) is 20.6. The molecule has 0 aliphatic heterocycles. The van der Waals surface area contributed by atoms with E-state index in [1.165, 1.54) is 34.2 Å². The van der Waals surface area contributed by atoms with Crippen LogP contribution >= 0.6 is 22.9 Å². The molecule has 4 rings (SSSR count). The summed E-state index contributed by atoms with van der Waals surface area (Å²) in [5.41, 5.74) is 0.689. The minimum Gasteiger partial charge on any atom is -0.248 e. The Bertz CT molecular complexity index is 1220. The molecular weight excluding hydrogens is 438 g/mol. The second kappa shape index (κ2) is 7.52. The van der Waals surface area contributed by atoms with Crippen molar-refractivity contribution in [1.82, 2.24) is 14.8 Å². The molecule has 3 nitrogen and oxygen atoms in total. The molecule has 4 aromatic rings. The zero-order valence-electron chi connectivity index (χ0n) is 15.8. The highest BCUT2D eigenvalue weighted by Crippen LogP contribution is 2.40. The summed E-state index contributed by atoms with van der Waals surface area (Å²) in [5.74, 6) is 0.0845. The predicted octanol–water partition coefficient (Wildman–Crippen LogP) is 7.00. The van der Waals surface area contributed by atoms with E-state index < -0.39 is 17.6 Å². The Hall–Kier alpha value is -2.71. The van der Waals surface area contributed by atoms with Crippen LogP contribution in [-0.2, 0) is 13.2 Å². The average Bonchev–Trinajstić information content (AvgIpc) is 3.23. The number of nitrogens with zero attached hydrogens (tertiary/aromatic N) is 3. The first-order valence-electron chi connectivity index (χ1n) is 8.79. The van der Waals surface area contributed by atoms with Gasteiger partial charge in [-0.05, 0) is 48.4 Å². The fourth-order valence-electron chi connectivity index (χ4n) is 3.09. The second-order valence-corrected chi connectivity index (χ2v) is 8.14. The zero-order chi connectivity index (χ0) is 21.6. The van der Waals surface area contributed by atoms with E-state index in [0.717, 1.165) is 22.6 Å². The molecular formula is C21H14ClF4N3S. The monoisotopic (exact) mass is 451 g/mol. The Kier molecular flexibility index (Phi) is 5.15. The van der Waals surface area contributed by atoms with Gasteiger partial charge >= 0.3 is 6.18 Å². The summed E-state index contributed by atoms with van der Waals surface area (Å²) in [6, 6.07) is 11.3. The van der Waals surface area contributed by atoms with Crippen LogP contribution in [0.15, 0.2) is 48.5 Å². The Morgan fingerprint density at radius 3 is 2.50 bits per heavy atom. The third-order valence-electron chi connectivity index (χ3n) is 4.54. The maximum Gasteiger partial charge on any atom is 0.416 e. The molecule has 2 aromatic carbocycles. The molecule has 0 aliphatic carbocycles. The maximum atomic E-state index is 14.3. The van der Waals surface area contributed by atoms with Gasteiger partial charge in [0.15, 0.2) is 11.6 Å². The van der Waals surface area contributed by atoms with Gasteiger partial charge in [-0.15, -0.1) is 11.3 Å². The quantitative estimate of drug-likeness (QED) is 0.314. The number of aryl methyl sites for hydroxylation is 2. The molecule has 0 fully saturated rings. The van der Waals surface area contributed by atoms with Crippen molar-refractivity contribution in [2.75, 3.05) is 0 Å². The molecule has 0 aliphatic rings. The predicted molar refractivity (Wildman–Crippen MR) is 110 cm³/mol. The van der Waals surface area contributed by atoms with Crippen LogP contribution < -0.4 is 0 Å². The van der Waals surface area contributed by atoms with Gasteiger partial charge < -0.3 is 0 Å². The number of thiophene rings is 1. The standard InChI is InChI=1S/C21H14ClF4N3S/c1-11-9-16(12-5-3-6-13(10-12)21(24,25)26)30-18(11)20-27-19(28-29(20)2)17-14(22)7-4-8-15(17)23/h3-10H,1-2H3. The Morgan fingerprint density at radius 1 is 1.07 bits per heavy atom. The summed E-state index contributed by atoms with van der Waals surface area (Å²) in [7, 11) is 1.67. The maximum absolute atomic E-state index is 14.3. The molecule has 0 bridgehead atoms. The third kappa shape index (κ3) is 3.73.